The molecule has 0 aliphatic carbocycles. The van der Waals surface area contributed by atoms with E-state index < -0.39 is 17.6 Å². The number of carboxylic acids is 1. The largest absolute Gasteiger partial charge is 0.480 e. The summed E-state index contributed by atoms with van der Waals surface area (Å²) in [4.78, 5) is 10.3. The van der Waals surface area contributed by atoms with Gasteiger partial charge in [0.2, 0.25) is 0 Å². The smallest absolute Gasteiger partial charge is 0.323 e. The van der Waals surface area contributed by atoms with E-state index in [0.717, 1.165) is 0 Å². The molecule has 0 spiro atoms. The summed E-state index contributed by atoms with van der Waals surface area (Å²) in [5.41, 5.74) is -1.24. The third-order valence-electron chi connectivity index (χ3n) is 1.12. The summed E-state index contributed by atoms with van der Waals surface area (Å²) < 4.78 is 0. The molecule has 0 rings (SSSR count). The van der Waals surface area contributed by atoms with Crippen molar-refractivity contribution in [2.24, 2.45) is 0 Å². The molecular weight excluding hydrogens is 153 g/mol. The lowest BCUT2D eigenvalue weighted by molar-refractivity contribution is -0.144. The van der Waals surface area contributed by atoms with E-state index in [0.29, 0.717) is 0 Å². The minimum Gasteiger partial charge on any atom is -0.480 e. The van der Waals surface area contributed by atoms with Crippen molar-refractivity contribution in [2.75, 3.05) is 0 Å². The third kappa shape index (κ3) is 2.60. The molecule has 4 nitrogen and oxygen atoms in total. The molecule has 0 aliphatic rings. The van der Waals surface area contributed by atoms with E-state index in [9.17, 15) is 9.90 Å². The molecule has 0 aromatic carbocycles. The molecule has 0 heterocycles. The lowest BCUT2D eigenvalue weighted by atomic mass is 10.0. The molecule has 0 saturated heterocycles. The highest BCUT2D eigenvalue weighted by atomic mass is 31.0. The van der Waals surface area contributed by atoms with Crippen LogP contribution in [0, 0.1) is 0 Å². The van der Waals surface area contributed by atoms with Gasteiger partial charge in [0.15, 0.2) is 0 Å². The quantitative estimate of drug-likeness (QED) is 0.497. The van der Waals surface area contributed by atoms with Crippen molar-refractivity contribution >= 4 is 15.4 Å². The Labute approximate surface area is 61.9 Å². The number of hydrogen-bond donors (Lipinski definition) is 3. The number of carboxylic acid groups (broad SMARTS) is 1. The van der Waals surface area contributed by atoms with Crippen LogP contribution in [0.1, 0.15) is 13.8 Å². The molecule has 0 amide bonds. The normalized spacial score (nSPS) is 14.8. The average molecular weight is 165 g/mol. The zero-order valence-electron chi connectivity index (χ0n) is 5.96. The van der Waals surface area contributed by atoms with Crippen molar-refractivity contribution in [2.45, 2.75) is 25.5 Å². The predicted octanol–water partition coefficient (Wildman–Crippen LogP) is -0.410. The van der Waals surface area contributed by atoms with Gasteiger partial charge in [0, 0.05) is 0 Å². The fourth-order valence-corrected chi connectivity index (χ4v) is 1.13. The van der Waals surface area contributed by atoms with Crippen LogP contribution in [0.25, 0.3) is 0 Å². The van der Waals surface area contributed by atoms with Crippen molar-refractivity contribution < 1.29 is 15.0 Å². The van der Waals surface area contributed by atoms with Crippen molar-refractivity contribution in [1.29, 1.82) is 0 Å². The van der Waals surface area contributed by atoms with Gasteiger partial charge in [0.1, 0.15) is 6.04 Å². The summed E-state index contributed by atoms with van der Waals surface area (Å²) >= 11 is 0. The van der Waals surface area contributed by atoms with Gasteiger partial charge >= 0.3 is 5.97 Å². The lowest BCUT2D eigenvalue weighted by Gasteiger charge is -2.24. The van der Waals surface area contributed by atoms with Gasteiger partial charge < -0.3 is 10.2 Å². The highest BCUT2D eigenvalue weighted by Gasteiger charge is 2.31. The van der Waals surface area contributed by atoms with Gasteiger partial charge in [-0.05, 0) is 13.8 Å². The van der Waals surface area contributed by atoms with Crippen molar-refractivity contribution in [3.05, 3.63) is 0 Å². The van der Waals surface area contributed by atoms with Crippen LogP contribution in [-0.4, -0.2) is 27.8 Å². The van der Waals surface area contributed by atoms with E-state index in [-0.39, 0.29) is 0 Å². The SMILES string of the molecule is CC(C)(O)[C@H](NP)C(=O)O. The monoisotopic (exact) mass is 165 g/mol. The molecule has 5 heteroatoms. The first-order chi connectivity index (χ1) is 4.39. The molecule has 0 saturated carbocycles. The Morgan fingerprint density at radius 1 is 1.70 bits per heavy atom. The van der Waals surface area contributed by atoms with Gasteiger partial charge in [-0.25, -0.2) is 0 Å². The van der Waals surface area contributed by atoms with Gasteiger partial charge in [0.05, 0.1) is 5.60 Å². The summed E-state index contributed by atoms with van der Waals surface area (Å²) in [6.45, 7) is 2.87. The van der Waals surface area contributed by atoms with Crippen molar-refractivity contribution in [3.63, 3.8) is 0 Å². The first kappa shape index (κ1) is 9.82. The van der Waals surface area contributed by atoms with Crippen molar-refractivity contribution in [1.82, 2.24) is 5.09 Å². The van der Waals surface area contributed by atoms with E-state index in [1.54, 1.807) is 0 Å². The Morgan fingerprint density at radius 3 is 2.10 bits per heavy atom. The van der Waals surface area contributed by atoms with E-state index in [2.05, 4.69) is 14.5 Å². The Hall–Kier alpha value is -0.180. The van der Waals surface area contributed by atoms with Crippen LogP contribution in [0.2, 0.25) is 0 Å². The maximum atomic E-state index is 10.3. The summed E-state index contributed by atoms with van der Waals surface area (Å²) in [7, 11) is 2.06. The molecule has 0 radical (unpaired) electrons. The van der Waals surface area contributed by atoms with Crippen LogP contribution in [0.5, 0.6) is 0 Å². The van der Waals surface area contributed by atoms with Crippen LogP contribution in [0.3, 0.4) is 0 Å². The summed E-state index contributed by atoms with van der Waals surface area (Å²) in [5, 5.41) is 20.1. The van der Waals surface area contributed by atoms with E-state index >= 15 is 0 Å². The molecule has 2 atom stereocenters. The number of aliphatic hydroxyl groups is 1. The van der Waals surface area contributed by atoms with Crippen molar-refractivity contribution in [3.8, 4) is 0 Å². The van der Waals surface area contributed by atoms with Crippen LogP contribution >= 0.6 is 9.39 Å². The molecule has 10 heavy (non-hydrogen) atoms. The Bertz CT molecular complexity index is 131. The van der Waals surface area contributed by atoms with Gasteiger partial charge in [-0.15, -0.1) is 0 Å². The number of rotatable bonds is 3. The van der Waals surface area contributed by atoms with Crippen LogP contribution in [0.4, 0.5) is 0 Å². The standard InChI is InChI=1S/C5H12NO3P/c1-5(2,9)3(6-10)4(7)8/h3,6,9H,10H2,1-2H3,(H,7,8)/t3-/m1/s1. The van der Waals surface area contributed by atoms with Gasteiger partial charge in [-0.2, -0.15) is 0 Å². The van der Waals surface area contributed by atoms with E-state index in [4.69, 9.17) is 5.11 Å². The van der Waals surface area contributed by atoms with Gasteiger partial charge in [-0.1, -0.05) is 9.39 Å². The first-order valence-electron chi connectivity index (χ1n) is 2.81. The first-order valence-corrected chi connectivity index (χ1v) is 3.38. The highest BCUT2D eigenvalue weighted by Crippen LogP contribution is 2.09. The number of aliphatic carboxylic acids is 1. The summed E-state index contributed by atoms with van der Waals surface area (Å²) in [6.07, 6.45) is 0. The maximum absolute atomic E-state index is 10.3. The Balaban J connectivity index is 4.22. The molecule has 0 aromatic heterocycles. The highest BCUT2D eigenvalue weighted by molar-refractivity contribution is 7.13. The number of carbonyl (C=O) groups is 1. The minimum atomic E-state index is -1.24. The molecule has 0 fully saturated rings. The maximum Gasteiger partial charge on any atom is 0.323 e. The molecule has 0 aliphatic heterocycles. The third-order valence-corrected chi connectivity index (χ3v) is 1.45. The molecular formula is C5H12NO3P. The number of nitrogens with one attached hydrogen (secondary N) is 1. The second-order valence-corrected chi connectivity index (χ2v) is 2.92. The zero-order valence-corrected chi connectivity index (χ0v) is 7.11. The topological polar surface area (TPSA) is 69.6 Å². The average Bonchev–Trinajstić information content (AvgIpc) is 1.60. The van der Waals surface area contributed by atoms with Crippen LogP contribution < -0.4 is 5.09 Å². The van der Waals surface area contributed by atoms with E-state index in [1.165, 1.54) is 13.8 Å². The molecule has 60 valence electrons. The Morgan fingerprint density at radius 2 is 2.10 bits per heavy atom. The summed E-state index contributed by atoms with van der Waals surface area (Å²) in [6, 6.07) is -0.947. The fourth-order valence-electron chi connectivity index (χ4n) is 0.577. The lowest BCUT2D eigenvalue weighted by Crippen LogP contribution is -2.48. The van der Waals surface area contributed by atoms with Crippen LogP contribution in [0.15, 0.2) is 0 Å². The van der Waals surface area contributed by atoms with Gasteiger partial charge in [-0.3, -0.25) is 9.88 Å². The van der Waals surface area contributed by atoms with Crippen LogP contribution in [-0.2, 0) is 4.79 Å². The molecule has 3 N–H and O–H groups in total. The second kappa shape index (κ2) is 3.28. The minimum absolute atomic E-state index is 0.947. The predicted molar refractivity (Wildman–Crippen MR) is 40.6 cm³/mol. The zero-order chi connectivity index (χ0) is 8.36. The summed E-state index contributed by atoms with van der Waals surface area (Å²) in [5.74, 6) is -1.07. The fraction of sp³-hybridized carbons (Fsp3) is 0.800. The molecule has 1 unspecified atom stereocenters. The number of hydrogen-bond acceptors (Lipinski definition) is 3. The molecule has 0 bridgehead atoms. The Kier molecular flexibility index (Phi) is 3.22. The van der Waals surface area contributed by atoms with E-state index in [1.807, 2.05) is 0 Å². The second-order valence-electron chi connectivity index (χ2n) is 2.59. The van der Waals surface area contributed by atoms with Gasteiger partial charge in [0.25, 0.3) is 0 Å². The molecule has 0 aromatic rings.